The lowest BCUT2D eigenvalue weighted by Crippen LogP contribution is -2.44. The summed E-state index contributed by atoms with van der Waals surface area (Å²) < 4.78 is 19.7. The van der Waals surface area contributed by atoms with Gasteiger partial charge in [0.2, 0.25) is 0 Å². The van der Waals surface area contributed by atoms with Crippen LogP contribution in [0.5, 0.6) is 5.75 Å². The highest BCUT2D eigenvalue weighted by molar-refractivity contribution is 5.69. The van der Waals surface area contributed by atoms with Crippen molar-refractivity contribution in [2.24, 2.45) is 10.2 Å². The number of hydrogen-bond acceptors (Lipinski definition) is 9. The third kappa shape index (κ3) is 6.04. The van der Waals surface area contributed by atoms with Crippen LogP contribution in [0.1, 0.15) is 12.6 Å². The van der Waals surface area contributed by atoms with Crippen LogP contribution in [0.4, 0.5) is 27.5 Å². The van der Waals surface area contributed by atoms with Crippen LogP contribution in [0.3, 0.4) is 0 Å². The maximum Gasteiger partial charge on any atom is 0.270 e. The van der Waals surface area contributed by atoms with Gasteiger partial charge in [0.05, 0.1) is 43.0 Å². The number of hydrogen-bond donors (Lipinski definition) is 2. The molecule has 2 aromatic heterocycles. The number of phenolic OH excluding ortho intramolecular Hbond substituents is 1. The highest BCUT2D eigenvalue weighted by Gasteiger charge is 2.23. The molecule has 0 radical (unpaired) electrons. The van der Waals surface area contributed by atoms with Crippen molar-refractivity contribution in [3.63, 3.8) is 0 Å². The molecule has 0 amide bonds. The summed E-state index contributed by atoms with van der Waals surface area (Å²) in [4.78, 5) is 14.5. The van der Waals surface area contributed by atoms with Crippen LogP contribution in [0.2, 0.25) is 0 Å². The van der Waals surface area contributed by atoms with Gasteiger partial charge in [0, 0.05) is 12.2 Å². The fraction of sp³-hybridized carbons (Fsp3) is 0.222. The predicted octanol–water partition coefficient (Wildman–Crippen LogP) is 5.64. The Morgan fingerprint density at radius 3 is 2.65 bits per heavy atom. The zero-order valence-corrected chi connectivity index (χ0v) is 20.3. The summed E-state index contributed by atoms with van der Waals surface area (Å²) in [7, 11) is 0. The highest BCUT2D eigenvalue weighted by atomic mass is 19.1. The van der Waals surface area contributed by atoms with Crippen molar-refractivity contribution in [3.05, 3.63) is 84.6 Å². The maximum atomic E-state index is 14.3. The molecule has 2 aromatic carbocycles. The lowest BCUT2D eigenvalue weighted by atomic mass is 10.1. The van der Waals surface area contributed by atoms with Crippen LogP contribution in [-0.2, 0) is 11.3 Å². The predicted molar refractivity (Wildman–Crippen MR) is 139 cm³/mol. The first-order chi connectivity index (χ1) is 18.0. The molecule has 188 valence electrons. The van der Waals surface area contributed by atoms with E-state index in [4.69, 9.17) is 4.74 Å². The molecule has 0 bridgehead atoms. The molecule has 0 aliphatic carbocycles. The Hall–Kier alpha value is -4.44. The molecular formula is C27H26FN7O2. The number of anilines is 3. The first-order valence-corrected chi connectivity index (χ1v) is 11.9. The summed E-state index contributed by atoms with van der Waals surface area (Å²) >= 11 is 0. The van der Waals surface area contributed by atoms with Gasteiger partial charge in [-0.15, -0.1) is 5.11 Å². The molecule has 4 aromatic rings. The number of benzene rings is 2. The van der Waals surface area contributed by atoms with E-state index in [0.29, 0.717) is 19.8 Å². The zero-order chi connectivity index (χ0) is 25.6. The molecule has 1 aliphatic rings. The number of aromatic hydroxyl groups is 1. The van der Waals surface area contributed by atoms with Gasteiger partial charge in [-0.2, -0.15) is 10.1 Å². The SMILES string of the molecule is CC1COCCN1c1nc(N=NCc2ccc(Nc3ccc(-c4cccc(O)c4)cc3)cn2)ncc1F. The average molecular weight is 500 g/mol. The van der Waals surface area contributed by atoms with Gasteiger partial charge in [-0.1, -0.05) is 24.3 Å². The van der Waals surface area contributed by atoms with Gasteiger partial charge >= 0.3 is 0 Å². The summed E-state index contributed by atoms with van der Waals surface area (Å²) in [5, 5.41) is 21.2. The molecule has 1 aliphatic heterocycles. The summed E-state index contributed by atoms with van der Waals surface area (Å²) in [6.07, 6.45) is 2.84. The first-order valence-electron chi connectivity index (χ1n) is 11.9. The topological polar surface area (TPSA) is 108 Å². The van der Waals surface area contributed by atoms with E-state index in [2.05, 4.69) is 30.5 Å². The quantitative estimate of drug-likeness (QED) is 0.317. The third-order valence-electron chi connectivity index (χ3n) is 5.92. The van der Waals surface area contributed by atoms with Crippen molar-refractivity contribution in [2.45, 2.75) is 19.5 Å². The number of azo groups is 1. The number of pyridine rings is 1. The van der Waals surface area contributed by atoms with Gasteiger partial charge in [0.1, 0.15) is 12.3 Å². The van der Waals surface area contributed by atoms with E-state index in [1.165, 1.54) is 0 Å². The molecule has 1 unspecified atom stereocenters. The fourth-order valence-corrected chi connectivity index (χ4v) is 4.00. The Morgan fingerprint density at radius 2 is 1.89 bits per heavy atom. The molecule has 0 spiro atoms. The first kappa shape index (κ1) is 24.3. The Bertz CT molecular complexity index is 1380. The molecule has 37 heavy (non-hydrogen) atoms. The Labute approximate surface area is 213 Å². The molecule has 2 N–H and O–H groups in total. The second-order valence-corrected chi connectivity index (χ2v) is 8.65. The zero-order valence-electron chi connectivity index (χ0n) is 20.3. The monoisotopic (exact) mass is 499 g/mol. The average Bonchev–Trinajstić information content (AvgIpc) is 2.91. The van der Waals surface area contributed by atoms with Crippen LogP contribution in [0.15, 0.2) is 83.3 Å². The Balaban J connectivity index is 1.18. The van der Waals surface area contributed by atoms with E-state index in [9.17, 15) is 9.50 Å². The standard InChI is InChI=1S/C27H26FN7O2/c1-18-17-37-12-11-35(18)26-25(28)16-30-27(33-26)34-31-15-22-9-10-23(14-29-22)32-21-7-5-19(6-8-21)20-3-2-4-24(36)13-20/h2-10,13-14,16,18,32,36H,11-12,15,17H2,1H3. The molecule has 1 saturated heterocycles. The Kier molecular flexibility index (Phi) is 7.27. The molecule has 9 nitrogen and oxygen atoms in total. The van der Waals surface area contributed by atoms with Gasteiger partial charge in [-0.3, -0.25) is 4.98 Å². The molecule has 3 heterocycles. The smallest absolute Gasteiger partial charge is 0.270 e. The van der Waals surface area contributed by atoms with Gasteiger partial charge in [-0.25, -0.2) is 9.37 Å². The van der Waals surface area contributed by atoms with Crippen LogP contribution in [-0.4, -0.2) is 45.9 Å². The lowest BCUT2D eigenvalue weighted by molar-refractivity contribution is 0.0981. The van der Waals surface area contributed by atoms with E-state index >= 15 is 0 Å². The van der Waals surface area contributed by atoms with E-state index in [1.807, 2.05) is 60.4 Å². The van der Waals surface area contributed by atoms with Crippen LogP contribution < -0.4 is 10.2 Å². The maximum absolute atomic E-state index is 14.3. The molecular weight excluding hydrogens is 473 g/mol. The summed E-state index contributed by atoms with van der Waals surface area (Å²) in [5.41, 5.74) is 4.42. The normalized spacial score (nSPS) is 15.7. The molecule has 5 rings (SSSR count). The van der Waals surface area contributed by atoms with Gasteiger partial charge in [-0.05, 0) is 54.4 Å². The Morgan fingerprint density at radius 1 is 1.05 bits per heavy atom. The van der Waals surface area contributed by atoms with Crippen molar-refractivity contribution >= 4 is 23.1 Å². The number of nitrogens with zero attached hydrogens (tertiary/aromatic N) is 6. The molecule has 1 fully saturated rings. The van der Waals surface area contributed by atoms with Gasteiger partial charge < -0.3 is 20.1 Å². The lowest BCUT2D eigenvalue weighted by Gasteiger charge is -2.34. The summed E-state index contributed by atoms with van der Waals surface area (Å²) in [6.45, 7) is 3.78. The fourth-order valence-electron chi connectivity index (χ4n) is 4.00. The summed E-state index contributed by atoms with van der Waals surface area (Å²) in [5.74, 6) is 0.0558. The molecule has 0 saturated carbocycles. The van der Waals surface area contributed by atoms with Crippen molar-refractivity contribution in [1.29, 1.82) is 0 Å². The van der Waals surface area contributed by atoms with Crippen molar-refractivity contribution in [2.75, 3.05) is 30.0 Å². The minimum absolute atomic E-state index is 0.00975. The van der Waals surface area contributed by atoms with Crippen LogP contribution in [0, 0.1) is 5.82 Å². The van der Waals surface area contributed by atoms with E-state index in [0.717, 1.165) is 34.4 Å². The molecule has 10 heteroatoms. The minimum Gasteiger partial charge on any atom is -0.508 e. The van der Waals surface area contributed by atoms with Gasteiger partial charge in [0.25, 0.3) is 5.95 Å². The summed E-state index contributed by atoms with van der Waals surface area (Å²) in [6, 6.07) is 18.8. The number of nitrogens with one attached hydrogen (secondary N) is 1. The minimum atomic E-state index is -0.494. The van der Waals surface area contributed by atoms with Crippen molar-refractivity contribution in [1.82, 2.24) is 15.0 Å². The second-order valence-electron chi connectivity index (χ2n) is 8.65. The van der Waals surface area contributed by atoms with Crippen LogP contribution >= 0.6 is 0 Å². The van der Waals surface area contributed by atoms with E-state index in [1.54, 1.807) is 18.3 Å². The van der Waals surface area contributed by atoms with Crippen LogP contribution in [0.25, 0.3) is 11.1 Å². The highest BCUT2D eigenvalue weighted by Crippen LogP contribution is 2.26. The van der Waals surface area contributed by atoms with Crippen molar-refractivity contribution < 1.29 is 14.2 Å². The van der Waals surface area contributed by atoms with Gasteiger partial charge in [0.15, 0.2) is 11.6 Å². The van der Waals surface area contributed by atoms with E-state index < -0.39 is 5.82 Å². The number of halogens is 1. The molecule has 1 atom stereocenters. The third-order valence-corrected chi connectivity index (χ3v) is 5.92. The number of ether oxygens (including phenoxy) is 1. The number of morpholine rings is 1. The number of rotatable bonds is 7. The number of phenols is 1. The van der Waals surface area contributed by atoms with E-state index in [-0.39, 0.29) is 30.1 Å². The van der Waals surface area contributed by atoms with Crippen molar-refractivity contribution in [3.8, 4) is 16.9 Å². The number of aromatic nitrogens is 3. The largest absolute Gasteiger partial charge is 0.508 e. The second kappa shape index (κ2) is 11.1.